The SMILES string of the molecule is C=C(C)CC1CC(=O)CCC1C(C)(C)C. The fraction of sp³-hybridized carbons (Fsp3) is 0.786. The van der Waals surface area contributed by atoms with E-state index in [1.807, 2.05) is 0 Å². The van der Waals surface area contributed by atoms with Crippen LogP contribution in [0.2, 0.25) is 0 Å². The molecule has 0 spiro atoms. The van der Waals surface area contributed by atoms with E-state index in [-0.39, 0.29) is 0 Å². The topological polar surface area (TPSA) is 17.1 Å². The van der Waals surface area contributed by atoms with Crippen LogP contribution in [0.1, 0.15) is 53.4 Å². The van der Waals surface area contributed by atoms with E-state index in [4.69, 9.17) is 0 Å². The Morgan fingerprint density at radius 3 is 2.53 bits per heavy atom. The van der Waals surface area contributed by atoms with Gasteiger partial charge < -0.3 is 0 Å². The van der Waals surface area contributed by atoms with Crippen molar-refractivity contribution >= 4 is 5.78 Å². The number of hydrogen-bond donors (Lipinski definition) is 0. The molecule has 0 aromatic rings. The van der Waals surface area contributed by atoms with Crippen molar-refractivity contribution in [1.29, 1.82) is 0 Å². The summed E-state index contributed by atoms with van der Waals surface area (Å²) < 4.78 is 0. The second kappa shape index (κ2) is 4.51. The summed E-state index contributed by atoms with van der Waals surface area (Å²) in [5.41, 5.74) is 1.53. The number of hydrogen-bond acceptors (Lipinski definition) is 1. The smallest absolute Gasteiger partial charge is 0.133 e. The zero-order chi connectivity index (χ0) is 11.6. The predicted octanol–water partition coefficient (Wildman–Crippen LogP) is 3.98. The lowest BCUT2D eigenvalue weighted by Gasteiger charge is -2.40. The van der Waals surface area contributed by atoms with Gasteiger partial charge in [-0.15, -0.1) is 6.58 Å². The molecular weight excluding hydrogens is 184 g/mol. The van der Waals surface area contributed by atoms with Gasteiger partial charge in [-0.1, -0.05) is 26.3 Å². The van der Waals surface area contributed by atoms with E-state index < -0.39 is 0 Å². The highest BCUT2D eigenvalue weighted by molar-refractivity contribution is 5.79. The van der Waals surface area contributed by atoms with Gasteiger partial charge in [0.1, 0.15) is 5.78 Å². The van der Waals surface area contributed by atoms with E-state index in [1.165, 1.54) is 5.57 Å². The molecule has 0 heterocycles. The molecule has 86 valence electrons. The van der Waals surface area contributed by atoms with Gasteiger partial charge in [0.2, 0.25) is 0 Å². The normalized spacial score (nSPS) is 27.9. The molecule has 1 rings (SSSR count). The van der Waals surface area contributed by atoms with Crippen LogP contribution in [0.25, 0.3) is 0 Å². The molecule has 1 fully saturated rings. The van der Waals surface area contributed by atoms with Crippen LogP contribution in [0.4, 0.5) is 0 Å². The van der Waals surface area contributed by atoms with Crippen LogP contribution in [0.5, 0.6) is 0 Å². The van der Waals surface area contributed by atoms with Gasteiger partial charge in [-0.25, -0.2) is 0 Å². The third-order valence-electron chi connectivity index (χ3n) is 3.52. The molecule has 0 bridgehead atoms. The van der Waals surface area contributed by atoms with E-state index in [0.29, 0.717) is 23.0 Å². The predicted molar refractivity (Wildman–Crippen MR) is 64.7 cm³/mol. The molecule has 1 nitrogen and oxygen atoms in total. The van der Waals surface area contributed by atoms with Crippen molar-refractivity contribution in [3.8, 4) is 0 Å². The number of ketones is 1. The molecule has 0 aromatic carbocycles. The van der Waals surface area contributed by atoms with Crippen LogP contribution in [-0.4, -0.2) is 5.78 Å². The van der Waals surface area contributed by atoms with Crippen molar-refractivity contribution in [3.05, 3.63) is 12.2 Å². The van der Waals surface area contributed by atoms with Gasteiger partial charge in [-0.05, 0) is 37.0 Å². The second-order valence-corrected chi connectivity index (χ2v) is 6.18. The zero-order valence-electron chi connectivity index (χ0n) is 10.6. The molecule has 1 aliphatic rings. The van der Waals surface area contributed by atoms with Crippen LogP contribution in [0.15, 0.2) is 12.2 Å². The Morgan fingerprint density at radius 1 is 1.47 bits per heavy atom. The number of allylic oxidation sites excluding steroid dienone is 1. The van der Waals surface area contributed by atoms with Gasteiger partial charge in [0.25, 0.3) is 0 Å². The third kappa shape index (κ3) is 3.48. The Hall–Kier alpha value is -0.590. The van der Waals surface area contributed by atoms with Crippen molar-refractivity contribution in [3.63, 3.8) is 0 Å². The van der Waals surface area contributed by atoms with Crippen LogP contribution >= 0.6 is 0 Å². The van der Waals surface area contributed by atoms with Crippen LogP contribution in [0.3, 0.4) is 0 Å². The summed E-state index contributed by atoms with van der Waals surface area (Å²) in [6.45, 7) is 12.9. The summed E-state index contributed by atoms with van der Waals surface area (Å²) in [4.78, 5) is 11.5. The maximum atomic E-state index is 11.5. The molecule has 0 aliphatic heterocycles. The van der Waals surface area contributed by atoms with Gasteiger partial charge in [0, 0.05) is 12.8 Å². The summed E-state index contributed by atoms with van der Waals surface area (Å²) in [5.74, 6) is 1.65. The Balaban J connectivity index is 2.75. The lowest BCUT2D eigenvalue weighted by atomic mass is 9.65. The summed E-state index contributed by atoms with van der Waals surface area (Å²) in [7, 11) is 0. The van der Waals surface area contributed by atoms with Gasteiger partial charge in [0.15, 0.2) is 0 Å². The Morgan fingerprint density at radius 2 is 2.07 bits per heavy atom. The molecule has 0 saturated heterocycles. The fourth-order valence-corrected chi connectivity index (χ4v) is 2.89. The summed E-state index contributed by atoms with van der Waals surface area (Å²) in [5, 5.41) is 0. The van der Waals surface area contributed by atoms with Crippen LogP contribution in [-0.2, 0) is 4.79 Å². The minimum Gasteiger partial charge on any atom is -0.300 e. The van der Waals surface area contributed by atoms with E-state index in [9.17, 15) is 4.79 Å². The fourth-order valence-electron chi connectivity index (χ4n) is 2.89. The zero-order valence-corrected chi connectivity index (χ0v) is 10.6. The van der Waals surface area contributed by atoms with E-state index in [2.05, 4.69) is 34.3 Å². The lowest BCUT2D eigenvalue weighted by molar-refractivity contribution is -0.123. The molecule has 0 aromatic heterocycles. The van der Waals surface area contributed by atoms with Crippen molar-refractivity contribution in [2.75, 3.05) is 0 Å². The number of carbonyl (C=O) groups is 1. The van der Waals surface area contributed by atoms with Crippen LogP contribution in [0, 0.1) is 17.3 Å². The number of carbonyl (C=O) groups excluding carboxylic acids is 1. The van der Waals surface area contributed by atoms with Crippen molar-refractivity contribution in [2.45, 2.75) is 53.4 Å². The van der Waals surface area contributed by atoms with Gasteiger partial charge in [-0.3, -0.25) is 4.79 Å². The number of rotatable bonds is 2. The maximum absolute atomic E-state index is 11.5. The quantitative estimate of drug-likeness (QED) is 0.627. The minimum absolute atomic E-state index is 0.320. The lowest BCUT2D eigenvalue weighted by Crippen LogP contribution is -2.34. The van der Waals surface area contributed by atoms with E-state index in [0.717, 1.165) is 25.7 Å². The molecule has 1 aliphatic carbocycles. The average molecular weight is 208 g/mol. The molecule has 0 N–H and O–H groups in total. The molecule has 1 saturated carbocycles. The molecule has 2 atom stereocenters. The molecule has 0 amide bonds. The van der Waals surface area contributed by atoms with Crippen molar-refractivity contribution in [2.24, 2.45) is 17.3 Å². The van der Waals surface area contributed by atoms with Crippen molar-refractivity contribution < 1.29 is 4.79 Å². The van der Waals surface area contributed by atoms with Crippen molar-refractivity contribution in [1.82, 2.24) is 0 Å². The molecule has 2 unspecified atom stereocenters. The highest BCUT2D eigenvalue weighted by Crippen LogP contribution is 2.42. The molecular formula is C14H24O. The molecule has 1 heteroatoms. The first-order valence-corrected chi connectivity index (χ1v) is 5.97. The first-order chi connectivity index (χ1) is 6.80. The van der Waals surface area contributed by atoms with E-state index >= 15 is 0 Å². The summed E-state index contributed by atoms with van der Waals surface area (Å²) in [6.07, 6.45) is 3.65. The molecule has 15 heavy (non-hydrogen) atoms. The Labute approximate surface area is 93.9 Å². The Bertz CT molecular complexity index is 255. The van der Waals surface area contributed by atoms with Gasteiger partial charge in [-0.2, -0.15) is 0 Å². The highest BCUT2D eigenvalue weighted by Gasteiger charge is 2.36. The first kappa shape index (κ1) is 12.5. The third-order valence-corrected chi connectivity index (χ3v) is 3.52. The van der Waals surface area contributed by atoms with Gasteiger partial charge in [0.05, 0.1) is 0 Å². The first-order valence-electron chi connectivity index (χ1n) is 5.97. The van der Waals surface area contributed by atoms with E-state index in [1.54, 1.807) is 0 Å². The average Bonchev–Trinajstić information content (AvgIpc) is 1.99. The minimum atomic E-state index is 0.320. The van der Waals surface area contributed by atoms with Crippen LogP contribution < -0.4 is 0 Å². The Kier molecular flexibility index (Phi) is 3.75. The number of Topliss-reactive ketones (excluding diaryl/α,β-unsaturated/α-hetero) is 1. The largest absolute Gasteiger partial charge is 0.300 e. The standard InChI is InChI=1S/C14H24O/c1-10(2)8-11-9-12(15)6-7-13(11)14(3,4)5/h11,13H,1,6-9H2,2-5H3. The van der Waals surface area contributed by atoms with Gasteiger partial charge >= 0.3 is 0 Å². The maximum Gasteiger partial charge on any atom is 0.133 e. The summed E-state index contributed by atoms with van der Waals surface area (Å²) in [6, 6.07) is 0. The summed E-state index contributed by atoms with van der Waals surface area (Å²) >= 11 is 0. The highest BCUT2D eigenvalue weighted by atomic mass is 16.1. The second-order valence-electron chi connectivity index (χ2n) is 6.18. The molecule has 0 radical (unpaired) electrons. The monoisotopic (exact) mass is 208 g/mol.